The van der Waals surface area contributed by atoms with Crippen molar-refractivity contribution in [2.75, 3.05) is 13.1 Å². The van der Waals surface area contributed by atoms with Crippen LogP contribution in [0.3, 0.4) is 0 Å². The highest BCUT2D eigenvalue weighted by molar-refractivity contribution is 5.74. The second-order valence-electron chi connectivity index (χ2n) is 5.14. The third kappa shape index (κ3) is 2.69. The molecule has 1 fully saturated rings. The molecule has 0 aromatic carbocycles. The zero-order chi connectivity index (χ0) is 13.2. The standard InChI is InChI=1S/C12H19N3O3/c1-3-10-13-9(14-18-10)7-15-6-4-5-12(2,8-15)11(16)17/h3-8H2,1-2H3,(H,16,17). The number of carboxylic acid groups (broad SMARTS) is 1. The molecule has 0 saturated carbocycles. The predicted molar refractivity (Wildman–Crippen MR) is 63.9 cm³/mol. The number of aromatic nitrogens is 2. The van der Waals surface area contributed by atoms with Crippen molar-refractivity contribution in [3.05, 3.63) is 11.7 Å². The largest absolute Gasteiger partial charge is 0.481 e. The minimum absolute atomic E-state index is 0.540. The van der Waals surface area contributed by atoms with Crippen LogP contribution in [0.5, 0.6) is 0 Å². The Labute approximate surface area is 106 Å². The molecule has 1 unspecified atom stereocenters. The van der Waals surface area contributed by atoms with Gasteiger partial charge in [0.05, 0.1) is 12.0 Å². The lowest BCUT2D eigenvalue weighted by molar-refractivity contribution is -0.151. The van der Waals surface area contributed by atoms with Crippen molar-refractivity contribution < 1.29 is 14.4 Å². The lowest BCUT2D eigenvalue weighted by Crippen LogP contribution is -2.45. The van der Waals surface area contributed by atoms with Gasteiger partial charge in [0.25, 0.3) is 0 Å². The van der Waals surface area contributed by atoms with Crippen LogP contribution in [-0.4, -0.2) is 39.2 Å². The number of likely N-dealkylation sites (tertiary alicyclic amines) is 1. The Morgan fingerprint density at radius 3 is 3.00 bits per heavy atom. The summed E-state index contributed by atoms with van der Waals surface area (Å²) in [6, 6.07) is 0. The molecule has 0 amide bonds. The molecule has 0 bridgehead atoms. The number of carbonyl (C=O) groups is 1. The number of aliphatic carboxylic acids is 1. The molecule has 1 saturated heterocycles. The summed E-state index contributed by atoms with van der Waals surface area (Å²) in [5, 5.41) is 13.1. The van der Waals surface area contributed by atoms with Gasteiger partial charge in [-0.05, 0) is 26.3 Å². The minimum atomic E-state index is -0.727. The van der Waals surface area contributed by atoms with E-state index in [-0.39, 0.29) is 0 Å². The Balaban J connectivity index is 1.99. The molecule has 1 N–H and O–H groups in total. The Bertz CT molecular complexity index is 432. The first-order valence-corrected chi connectivity index (χ1v) is 6.31. The molecule has 18 heavy (non-hydrogen) atoms. The molecule has 1 aliphatic rings. The highest BCUT2D eigenvalue weighted by Gasteiger charge is 2.38. The van der Waals surface area contributed by atoms with E-state index in [0.717, 1.165) is 25.8 Å². The number of aryl methyl sites for hydroxylation is 1. The Morgan fingerprint density at radius 2 is 2.39 bits per heavy atom. The number of hydrogen-bond donors (Lipinski definition) is 1. The summed E-state index contributed by atoms with van der Waals surface area (Å²) in [7, 11) is 0. The van der Waals surface area contributed by atoms with Gasteiger partial charge in [0.15, 0.2) is 5.82 Å². The molecule has 6 heteroatoms. The summed E-state index contributed by atoms with van der Waals surface area (Å²) in [5.41, 5.74) is -0.657. The maximum absolute atomic E-state index is 11.2. The molecule has 1 aromatic heterocycles. The van der Waals surface area contributed by atoms with E-state index in [1.54, 1.807) is 6.92 Å². The highest BCUT2D eigenvalue weighted by atomic mass is 16.5. The zero-order valence-electron chi connectivity index (χ0n) is 10.8. The molecule has 0 aliphatic carbocycles. The van der Waals surface area contributed by atoms with E-state index >= 15 is 0 Å². The van der Waals surface area contributed by atoms with Gasteiger partial charge in [-0.15, -0.1) is 0 Å². The van der Waals surface area contributed by atoms with Crippen molar-refractivity contribution >= 4 is 5.97 Å². The van der Waals surface area contributed by atoms with Crippen LogP contribution in [0.15, 0.2) is 4.52 Å². The highest BCUT2D eigenvalue weighted by Crippen LogP contribution is 2.30. The van der Waals surface area contributed by atoms with Crippen molar-refractivity contribution in [3.8, 4) is 0 Å². The van der Waals surface area contributed by atoms with Crippen LogP contribution >= 0.6 is 0 Å². The smallest absolute Gasteiger partial charge is 0.310 e. The molecule has 6 nitrogen and oxygen atoms in total. The molecule has 1 aliphatic heterocycles. The van der Waals surface area contributed by atoms with E-state index < -0.39 is 11.4 Å². The van der Waals surface area contributed by atoms with E-state index in [4.69, 9.17) is 4.52 Å². The number of rotatable bonds is 4. The van der Waals surface area contributed by atoms with Crippen molar-refractivity contribution in [3.63, 3.8) is 0 Å². The van der Waals surface area contributed by atoms with Crippen LogP contribution in [-0.2, 0) is 17.8 Å². The molecule has 0 spiro atoms. The summed E-state index contributed by atoms with van der Waals surface area (Å²) in [6.07, 6.45) is 2.34. The second-order valence-corrected chi connectivity index (χ2v) is 5.14. The monoisotopic (exact) mass is 253 g/mol. The normalized spacial score (nSPS) is 25.2. The number of nitrogens with zero attached hydrogens (tertiary/aromatic N) is 3. The third-order valence-electron chi connectivity index (χ3n) is 3.47. The van der Waals surface area contributed by atoms with Crippen molar-refractivity contribution in [1.82, 2.24) is 15.0 Å². The van der Waals surface area contributed by atoms with Crippen LogP contribution < -0.4 is 0 Å². The first kappa shape index (κ1) is 13.0. The van der Waals surface area contributed by atoms with Crippen LogP contribution in [0.4, 0.5) is 0 Å². The summed E-state index contributed by atoms with van der Waals surface area (Å²) < 4.78 is 5.05. The fourth-order valence-electron chi connectivity index (χ4n) is 2.35. The first-order valence-electron chi connectivity index (χ1n) is 6.31. The predicted octanol–water partition coefficient (Wildman–Crippen LogP) is 1.32. The van der Waals surface area contributed by atoms with E-state index in [2.05, 4.69) is 15.0 Å². The maximum atomic E-state index is 11.2. The molecule has 1 atom stereocenters. The van der Waals surface area contributed by atoms with Crippen LogP contribution in [0, 0.1) is 5.41 Å². The van der Waals surface area contributed by atoms with Gasteiger partial charge in [0.2, 0.25) is 5.89 Å². The molecular weight excluding hydrogens is 234 g/mol. The number of carboxylic acids is 1. The summed E-state index contributed by atoms with van der Waals surface area (Å²) in [5.74, 6) is 0.541. The molecule has 100 valence electrons. The fraction of sp³-hybridized carbons (Fsp3) is 0.750. The average molecular weight is 253 g/mol. The van der Waals surface area contributed by atoms with Gasteiger partial charge in [-0.3, -0.25) is 9.69 Å². The zero-order valence-corrected chi connectivity index (χ0v) is 10.8. The Hall–Kier alpha value is -1.43. The van der Waals surface area contributed by atoms with Crippen molar-refractivity contribution in [2.45, 2.75) is 39.7 Å². The maximum Gasteiger partial charge on any atom is 0.310 e. The lowest BCUT2D eigenvalue weighted by atomic mass is 9.82. The average Bonchev–Trinajstić information content (AvgIpc) is 2.76. The van der Waals surface area contributed by atoms with E-state index in [1.165, 1.54) is 0 Å². The van der Waals surface area contributed by atoms with Gasteiger partial charge in [-0.25, -0.2) is 0 Å². The Morgan fingerprint density at radius 1 is 1.61 bits per heavy atom. The van der Waals surface area contributed by atoms with E-state index in [0.29, 0.717) is 24.8 Å². The minimum Gasteiger partial charge on any atom is -0.481 e. The van der Waals surface area contributed by atoms with Crippen LogP contribution in [0.25, 0.3) is 0 Å². The van der Waals surface area contributed by atoms with Gasteiger partial charge < -0.3 is 9.63 Å². The van der Waals surface area contributed by atoms with Gasteiger partial charge in [0.1, 0.15) is 0 Å². The van der Waals surface area contributed by atoms with E-state index in [9.17, 15) is 9.90 Å². The molecule has 1 aromatic rings. The number of hydrogen-bond acceptors (Lipinski definition) is 5. The summed E-state index contributed by atoms with van der Waals surface area (Å²) in [6.45, 7) is 5.75. The fourth-order valence-corrected chi connectivity index (χ4v) is 2.35. The van der Waals surface area contributed by atoms with E-state index in [1.807, 2.05) is 6.92 Å². The molecule has 2 heterocycles. The topological polar surface area (TPSA) is 79.5 Å². The summed E-state index contributed by atoms with van der Waals surface area (Å²) in [4.78, 5) is 17.6. The summed E-state index contributed by atoms with van der Waals surface area (Å²) >= 11 is 0. The first-order chi connectivity index (χ1) is 8.53. The van der Waals surface area contributed by atoms with Crippen LogP contribution in [0.1, 0.15) is 38.4 Å². The lowest BCUT2D eigenvalue weighted by Gasteiger charge is -2.36. The Kier molecular flexibility index (Phi) is 3.65. The SMILES string of the molecule is CCc1nc(CN2CCCC(C)(C(=O)O)C2)no1. The molecule has 2 rings (SSSR count). The van der Waals surface area contributed by atoms with Crippen molar-refractivity contribution in [1.29, 1.82) is 0 Å². The molecular formula is C12H19N3O3. The second kappa shape index (κ2) is 5.06. The van der Waals surface area contributed by atoms with Crippen LogP contribution in [0.2, 0.25) is 0 Å². The van der Waals surface area contributed by atoms with Gasteiger partial charge >= 0.3 is 5.97 Å². The van der Waals surface area contributed by atoms with Crippen molar-refractivity contribution in [2.24, 2.45) is 5.41 Å². The quantitative estimate of drug-likeness (QED) is 0.871. The van der Waals surface area contributed by atoms with Gasteiger partial charge in [-0.1, -0.05) is 12.1 Å². The van der Waals surface area contributed by atoms with Gasteiger partial charge in [-0.2, -0.15) is 4.98 Å². The van der Waals surface area contributed by atoms with Gasteiger partial charge in [0, 0.05) is 13.0 Å². The number of piperidine rings is 1. The third-order valence-corrected chi connectivity index (χ3v) is 3.47. The molecule has 0 radical (unpaired) electrons.